The lowest BCUT2D eigenvalue weighted by molar-refractivity contribution is 1.21. The number of pyridine rings is 1. The van der Waals surface area contributed by atoms with E-state index in [0.717, 1.165) is 37.7 Å². The van der Waals surface area contributed by atoms with Crippen LogP contribution in [0.15, 0.2) is 89.5 Å². The van der Waals surface area contributed by atoms with Crippen LogP contribution < -0.4 is 0 Å². The topological polar surface area (TPSA) is 38.7 Å². The Hall–Kier alpha value is -3.11. The van der Waals surface area contributed by atoms with E-state index in [9.17, 15) is 0 Å². The molecule has 3 aromatic carbocycles. The van der Waals surface area contributed by atoms with Crippen molar-refractivity contribution >= 4 is 37.7 Å². The number of aromatic nitrogens is 3. The highest BCUT2D eigenvalue weighted by Crippen LogP contribution is 2.33. The lowest BCUT2D eigenvalue weighted by atomic mass is 10.0. The minimum atomic E-state index is 0.694. The quantitative estimate of drug-likeness (QED) is 0.343. The summed E-state index contributed by atoms with van der Waals surface area (Å²) < 4.78 is 1.00. The Bertz CT molecular complexity index is 1290. The summed E-state index contributed by atoms with van der Waals surface area (Å²) in [5.74, 6) is 0.694. The summed E-state index contributed by atoms with van der Waals surface area (Å²) in [4.78, 5) is 14.3. The van der Waals surface area contributed by atoms with E-state index in [-0.39, 0.29) is 0 Å². The molecular weight excluding hydrogens is 398 g/mol. The minimum Gasteiger partial charge on any atom is -0.252 e. The number of fused-ring (bicyclic) bond motifs is 2. The van der Waals surface area contributed by atoms with Gasteiger partial charge in [0.05, 0.1) is 5.52 Å². The number of nitrogens with zero attached hydrogens (tertiary/aromatic N) is 3. The van der Waals surface area contributed by atoms with Crippen LogP contribution in [0.5, 0.6) is 0 Å². The standard InChI is InChI=1S/C23H14BrN3/c24-17-9-3-8-16(14-17)23-26-20-12-5-13-25-22(20)21(27-23)19-11-4-7-15-6-1-2-10-18(15)19/h1-14H. The summed E-state index contributed by atoms with van der Waals surface area (Å²) in [6.07, 6.45) is 1.79. The van der Waals surface area contributed by atoms with Gasteiger partial charge in [-0.1, -0.05) is 70.5 Å². The van der Waals surface area contributed by atoms with E-state index >= 15 is 0 Å². The Morgan fingerprint density at radius 1 is 0.741 bits per heavy atom. The molecule has 0 saturated heterocycles. The maximum atomic E-state index is 4.94. The van der Waals surface area contributed by atoms with Crippen molar-refractivity contribution in [3.63, 3.8) is 0 Å². The molecule has 2 aromatic heterocycles. The second-order valence-electron chi connectivity index (χ2n) is 6.30. The average Bonchev–Trinajstić information content (AvgIpc) is 2.72. The van der Waals surface area contributed by atoms with Gasteiger partial charge in [-0.2, -0.15) is 0 Å². The predicted molar refractivity (Wildman–Crippen MR) is 113 cm³/mol. The van der Waals surface area contributed by atoms with Crippen molar-refractivity contribution in [1.82, 2.24) is 15.0 Å². The van der Waals surface area contributed by atoms with Crippen LogP contribution in [0.3, 0.4) is 0 Å². The third-order valence-corrected chi connectivity index (χ3v) is 5.08. The second kappa shape index (κ2) is 6.56. The summed E-state index contributed by atoms with van der Waals surface area (Å²) in [7, 11) is 0. The molecule has 4 heteroatoms. The van der Waals surface area contributed by atoms with Crippen LogP contribution in [-0.4, -0.2) is 15.0 Å². The van der Waals surface area contributed by atoms with Crippen LogP contribution in [0, 0.1) is 0 Å². The molecule has 5 rings (SSSR count). The van der Waals surface area contributed by atoms with Gasteiger partial charge < -0.3 is 0 Å². The van der Waals surface area contributed by atoms with E-state index < -0.39 is 0 Å². The molecule has 0 aliphatic rings. The van der Waals surface area contributed by atoms with E-state index in [1.807, 2.05) is 36.4 Å². The van der Waals surface area contributed by atoms with Gasteiger partial charge in [0.1, 0.15) is 11.2 Å². The van der Waals surface area contributed by atoms with Crippen molar-refractivity contribution in [2.75, 3.05) is 0 Å². The van der Waals surface area contributed by atoms with E-state index in [2.05, 4.69) is 63.4 Å². The van der Waals surface area contributed by atoms with E-state index in [1.165, 1.54) is 5.39 Å². The maximum absolute atomic E-state index is 4.94. The van der Waals surface area contributed by atoms with Crippen molar-refractivity contribution in [3.8, 4) is 22.6 Å². The number of hydrogen-bond acceptors (Lipinski definition) is 3. The largest absolute Gasteiger partial charge is 0.252 e. The van der Waals surface area contributed by atoms with E-state index in [1.54, 1.807) is 6.20 Å². The maximum Gasteiger partial charge on any atom is 0.160 e. The summed E-state index contributed by atoms with van der Waals surface area (Å²) in [5, 5.41) is 2.34. The third-order valence-electron chi connectivity index (χ3n) is 4.58. The van der Waals surface area contributed by atoms with Gasteiger partial charge >= 0.3 is 0 Å². The van der Waals surface area contributed by atoms with Crippen LogP contribution in [0.4, 0.5) is 0 Å². The fourth-order valence-corrected chi connectivity index (χ4v) is 3.74. The van der Waals surface area contributed by atoms with Crippen LogP contribution >= 0.6 is 15.9 Å². The summed E-state index contributed by atoms with van der Waals surface area (Å²) >= 11 is 3.54. The van der Waals surface area contributed by atoms with Crippen molar-refractivity contribution in [1.29, 1.82) is 0 Å². The first-order valence-corrected chi connectivity index (χ1v) is 9.46. The lowest BCUT2D eigenvalue weighted by Gasteiger charge is -2.11. The zero-order chi connectivity index (χ0) is 18.2. The Morgan fingerprint density at radius 3 is 2.52 bits per heavy atom. The highest BCUT2D eigenvalue weighted by Gasteiger charge is 2.14. The second-order valence-corrected chi connectivity index (χ2v) is 7.22. The van der Waals surface area contributed by atoms with Crippen LogP contribution in [-0.2, 0) is 0 Å². The zero-order valence-corrected chi connectivity index (χ0v) is 15.9. The predicted octanol–water partition coefficient (Wildman–Crippen LogP) is 6.27. The van der Waals surface area contributed by atoms with Gasteiger partial charge in [0.15, 0.2) is 5.82 Å². The normalized spacial score (nSPS) is 11.1. The molecule has 0 radical (unpaired) electrons. The van der Waals surface area contributed by atoms with Crippen LogP contribution in [0.1, 0.15) is 0 Å². The van der Waals surface area contributed by atoms with E-state index in [0.29, 0.717) is 5.82 Å². The molecule has 0 aliphatic carbocycles. The number of benzene rings is 3. The average molecular weight is 412 g/mol. The fourth-order valence-electron chi connectivity index (χ4n) is 3.34. The van der Waals surface area contributed by atoms with Gasteiger partial charge in [-0.15, -0.1) is 0 Å². The third kappa shape index (κ3) is 2.88. The summed E-state index contributed by atoms with van der Waals surface area (Å²) in [6, 6.07) is 26.6. The molecule has 2 heterocycles. The molecule has 0 saturated carbocycles. The smallest absolute Gasteiger partial charge is 0.160 e. The summed E-state index contributed by atoms with van der Waals surface area (Å²) in [6.45, 7) is 0. The van der Waals surface area contributed by atoms with Crippen molar-refractivity contribution in [2.45, 2.75) is 0 Å². The number of rotatable bonds is 2. The Labute approximate surface area is 164 Å². The molecule has 3 nitrogen and oxygen atoms in total. The molecule has 5 aromatic rings. The fraction of sp³-hybridized carbons (Fsp3) is 0. The first-order chi connectivity index (χ1) is 13.3. The minimum absolute atomic E-state index is 0.694. The Balaban J connectivity index is 1.86. The molecule has 0 unspecified atom stereocenters. The highest BCUT2D eigenvalue weighted by atomic mass is 79.9. The van der Waals surface area contributed by atoms with Gasteiger partial charge in [-0.25, -0.2) is 9.97 Å². The van der Waals surface area contributed by atoms with Crippen LogP contribution in [0.25, 0.3) is 44.5 Å². The van der Waals surface area contributed by atoms with Crippen molar-refractivity contribution in [2.24, 2.45) is 0 Å². The monoisotopic (exact) mass is 411 g/mol. The summed E-state index contributed by atoms with van der Waals surface area (Å²) in [5.41, 5.74) is 4.54. The first-order valence-electron chi connectivity index (χ1n) is 8.66. The number of halogens is 1. The molecule has 27 heavy (non-hydrogen) atoms. The molecule has 0 amide bonds. The van der Waals surface area contributed by atoms with Gasteiger partial charge in [-0.3, -0.25) is 4.98 Å². The zero-order valence-electron chi connectivity index (χ0n) is 14.3. The molecule has 0 fully saturated rings. The molecule has 0 aliphatic heterocycles. The molecule has 0 atom stereocenters. The molecule has 0 spiro atoms. The SMILES string of the molecule is Brc1cccc(-c2nc(-c3cccc4ccccc34)c3ncccc3n2)c1. The molecule has 0 N–H and O–H groups in total. The highest BCUT2D eigenvalue weighted by molar-refractivity contribution is 9.10. The Morgan fingerprint density at radius 2 is 1.59 bits per heavy atom. The van der Waals surface area contributed by atoms with Crippen molar-refractivity contribution in [3.05, 3.63) is 89.5 Å². The number of hydrogen-bond donors (Lipinski definition) is 0. The molecule has 0 bridgehead atoms. The molecule has 128 valence electrons. The van der Waals surface area contributed by atoms with Gasteiger partial charge in [0, 0.05) is 21.8 Å². The lowest BCUT2D eigenvalue weighted by Crippen LogP contribution is -1.97. The van der Waals surface area contributed by atoms with Crippen LogP contribution in [0.2, 0.25) is 0 Å². The Kier molecular flexibility index (Phi) is 3.91. The first kappa shape index (κ1) is 16.1. The van der Waals surface area contributed by atoms with Gasteiger partial charge in [0.2, 0.25) is 0 Å². The van der Waals surface area contributed by atoms with E-state index in [4.69, 9.17) is 9.97 Å². The van der Waals surface area contributed by atoms with Gasteiger partial charge in [-0.05, 0) is 35.0 Å². The van der Waals surface area contributed by atoms with Crippen molar-refractivity contribution < 1.29 is 0 Å². The molecular formula is C23H14BrN3. The van der Waals surface area contributed by atoms with Gasteiger partial charge in [0.25, 0.3) is 0 Å².